The number of carbonyl (C=O) groups excluding carboxylic acids is 1. The van der Waals surface area contributed by atoms with E-state index in [-0.39, 0.29) is 11.2 Å². The van der Waals surface area contributed by atoms with E-state index in [0.29, 0.717) is 0 Å². The van der Waals surface area contributed by atoms with Crippen molar-refractivity contribution in [1.29, 1.82) is 0 Å². The van der Waals surface area contributed by atoms with Gasteiger partial charge in [0.05, 0.1) is 0 Å². The third kappa shape index (κ3) is 3.42. The second-order valence-electron chi connectivity index (χ2n) is 4.48. The molecule has 0 spiro atoms. The first kappa shape index (κ1) is 13.9. The molecule has 0 atom stereocenters. The molecule has 0 aromatic heterocycles. The summed E-state index contributed by atoms with van der Waals surface area (Å²) in [5, 5.41) is 1.68. The van der Waals surface area contributed by atoms with Crippen molar-refractivity contribution in [2.24, 2.45) is 5.41 Å². The van der Waals surface area contributed by atoms with Gasteiger partial charge in [0.15, 0.2) is 5.78 Å². The Kier molecular flexibility index (Phi) is 5.19. The van der Waals surface area contributed by atoms with Crippen LogP contribution in [0, 0.1) is 5.41 Å². The van der Waals surface area contributed by atoms with Gasteiger partial charge in [-0.2, -0.15) is 0 Å². The molecule has 0 aliphatic heterocycles. The van der Waals surface area contributed by atoms with Crippen LogP contribution in [-0.4, -0.2) is 11.1 Å². The second kappa shape index (κ2) is 5.97. The van der Waals surface area contributed by atoms with Gasteiger partial charge in [-0.15, -0.1) is 0 Å². The lowest BCUT2D eigenvalue weighted by Gasteiger charge is -2.21. The van der Waals surface area contributed by atoms with E-state index in [0.717, 1.165) is 22.6 Å². The zero-order valence-corrected chi connectivity index (χ0v) is 12.8. The normalized spacial score (nSPS) is 11.5. The minimum absolute atomic E-state index is 0.216. The smallest absolute Gasteiger partial charge is 0.168 e. The summed E-state index contributed by atoms with van der Waals surface area (Å²) >= 11 is 6.78. The van der Waals surface area contributed by atoms with Gasteiger partial charge >= 0.3 is 0 Å². The molecule has 1 nitrogen and oxygen atoms in total. The van der Waals surface area contributed by atoms with Crippen LogP contribution < -0.4 is 0 Å². The van der Waals surface area contributed by atoms with Gasteiger partial charge in [-0.25, -0.2) is 0 Å². The molecule has 1 aromatic carbocycles. The number of carbonyl (C=O) groups is 1. The highest BCUT2D eigenvalue weighted by Gasteiger charge is 2.27. The number of alkyl halides is 2. The maximum absolute atomic E-state index is 12.2. The first-order chi connectivity index (χ1) is 7.51. The van der Waals surface area contributed by atoms with Gasteiger partial charge in [-0.05, 0) is 12.0 Å². The molecule has 0 amide bonds. The summed E-state index contributed by atoms with van der Waals surface area (Å²) in [5.74, 6) is 0.216. The van der Waals surface area contributed by atoms with Crippen molar-refractivity contribution in [3.05, 3.63) is 35.4 Å². The number of halogens is 2. The van der Waals surface area contributed by atoms with Gasteiger partial charge in [0, 0.05) is 21.6 Å². The first-order valence-corrected chi connectivity index (χ1v) is 7.51. The van der Waals surface area contributed by atoms with Crippen LogP contribution in [0.15, 0.2) is 24.3 Å². The molecular weight excluding hydrogens is 332 g/mol. The van der Waals surface area contributed by atoms with Crippen LogP contribution in [0.2, 0.25) is 0 Å². The maximum Gasteiger partial charge on any atom is 0.168 e. The van der Waals surface area contributed by atoms with E-state index in [2.05, 4.69) is 31.9 Å². The Balaban J connectivity index is 2.87. The Morgan fingerprint density at radius 2 is 1.75 bits per heavy atom. The molecule has 1 rings (SSSR count). The number of benzene rings is 1. The van der Waals surface area contributed by atoms with Crippen molar-refractivity contribution in [1.82, 2.24) is 0 Å². The lowest BCUT2D eigenvalue weighted by Crippen LogP contribution is -2.24. The predicted octanol–water partition coefficient (Wildman–Crippen LogP) is 4.58. The van der Waals surface area contributed by atoms with Crippen molar-refractivity contribution in [3.63, 3.8) is 0 Å². The largest absolute Gasteiger partial charge is 0.294 e. The van der Waals surface area contributed by atoms with Crippen molar-refractivity contribution in [3.8, 4) is 0 Å². The van der Waals surface area contributed by atoms with Gasteiger partial charge in [0.2, 0.25) is 0 Å². The van der Waals surface area contributed by atoms with Crippen molar-refractivity contribution >= 4 is 37.6 Å². The van der Waals surface area contributed by atoms with Crippen molar-refractivity contribution in [2.75, 3.05) is 5.33 Å². The lowest BCUT2D eigenvalue weighted by molar-refractivity contribution is 0.0834. The second-order valence-corrected chi connectivity index (χ2v) is 5.84. The fourth-order valence-electron chi connectivity index (χ4n) is 1.49. The average molecular weight is 348 g/mol. The van der Waals surface area contributed by atoms with Crippen molar-refractivity contribution < 1.29 is 4.79 Å². The van der Waals surface area contributed by atoms with E-state index in [1.165, 1.54) is 5.56 Å². The van der Waals surface area contributed by atoms with E-state index in [4.69, 9.17) is 0 Å². The Bertz CT molecular complexity index is 355. The lowest BCUT2D eigenvalue weighted by atomic mass is 9.82. The average Bonchev–Trinajstić information content (AvgIpc) is 2.28. The number of Topliss-reactive ketones (excluding diaryl/α,β-unsaturated/α-hetero) is 1. The molecule has 0 fully saturated rings. The number of hydrogen-bond acceptors (Lipinski definition) is 1. The highest BCUT2D eigenvalue weighted by atomic mass is 79.9. The molecule has 0 saturated heterocycles. The molecule has 0 heterocycles. The SMILES string of the molecule is CC(C)(CCBr)C(=O)c1ccc(CBr)cc1. The van der Waals surface area contributed by atoms with E-state index in [9.17, 15) is 4.79 Å². The highest BCUT2D eigenvalue weighted by Crippen LogP contribution is 2.27. The van der Waals surface area contributed by atoms with Crippen LogP contribution in [0.3, 0.4) is 0 Å². The van der Waals surface area contributed by atoms with E-state index in [1.54, 1.807) is 0 Å². The summed E-state index contributed by atoms with van der Waals surface area (Å²) in [6.45, 7) is 3.99. The van der Waals surface area contributed by atoms with Crippen molar-refractivity contribution in [2.45, 2.75) is 25.6 Å². The molecule has 88 valence electrons. The summed E-state index contributed by atoms with van der Waals surface area (Å²) < 4.78 is 0. The monoisotopic (exact) mass is 346 g/mol. The summed E-state index contributed by atoms with van der Waals surface area (Å²) in [4.78, 5) is 12.2. The van der Waals surface area contributed by atoms with Gasteiger partial charge in [-0.1, -0.05) is 70.0 Å². The van der Waals surface area contributed by atoms with Crippen LogP contribution in [-0.2, 0) is 5.33 Å². The van der Waals surface area contributed by atoms with Gasteiger partial charge in [-0.3, -0.25) is 4.79 Å². The van der Waals surface area contributed by atoms with E-state index >= 15 is 0 Å². The quantitative estimate of drug-likeness (QED) is 0.563. The van der Waals surface area contributed by atoms with E-state index < -0.39 is 0 Å². The molecule has 16 heavy (non-hydrogen) atoms. The Labute approximate surface area is 114 Å². The van der Waals surface area contributed by atoms with E-state index in [1.807, 2.05) is 38.1 Å². The third-order valence-corrected chi connectivity index (χ3v) is 3.75. The van der Waals surface area contributed by atoms with Gasteiger partial charge in [0.25, 0.3) is 0 Å². The number of ketones is 1. The minimum atomic E-state index is -0.292. The molecule has 0 unspecified atom stereocenters. The zero-order chi connectivity index (χ0) is 12.2. The summed E-state index contributed by atoms with van der Waals surface area (Å²) in [6.07, 6.45) is 0.853. The maximum atomic E-state index is 12.2. The van der Waals surface area contributed by atoms with Gasteiger partial charge < -0.3 is 0 Å². The van der Waals surface area contributed by atoms with Crippen LogP contribution in [0.25, 0.3) is 0 Å². The molecule has 1 aromatic rings. The zero-order valence-electron chi connectivity index (χ0n) is 9.59. The summed E-state index contributed by atoms with van der Waals surface area (Å²) in [7, 11) is 0. The Morgan fingerprint density at radius 1 is 1.19 bits per heavy atom. The predicted molar refractivity (Wildman–Crippen MR) is 75.6 cm³/mol. The van der Waals surface area contributed by atoms with Crippen LogP contribution in [0.5, 0.6) is 0 Å². The van der Waals surface area contributed by atoms with Crippen LogP contribution in [0.1, 0.15) is 36.2 Å². The Morgan fingerprint density at radius 3 is 2.19 bits per heavy atom. The number of rotatable bonds is 5. The van der Waals surface area contributed by atoms with Crippen LogP contribution >= 0.6 is 31.9 Å². The minimum Gasteiger partial charge on any atom is -0.294 e. The Hall–Kier alpha value is -0.150. The summed E-state index contributed by atoms with van der Waals surface area (Å²) in [6, 6.07) is 7.81. The fourth-order valence-corrected chi connectivity index (χ4v) is 2.85. The fraction of sp³-hybridized carbons (Fsp3) is 0.462. The molecule has 0 aliphatic carbocycles. The molecule has 0 saturated carbocycles. The topological polar surface area (TPSA) is 17.1 Å². The molecule has 0 aliphatic rings. The molecule has 0 N–H and O–H groups in total. The van der Waals surface area contributed by atoms with Crippen LogP contribution in [0.4, 0.5) is 0 Å². The van der Waals surface area contributed by atoms with Gasteiger partial charge in [0.1, 0.15) is 0 Å². The molecular formula is C13H16Br2O. The summed E-state index contributed by atoms with van der Waals surface area (Å²) in [5.41, 5.74) is 1.70. The molecule has 3 heteroatoms. The molecule has 0 bridgehead atoms. The molecule has 0 radical (unpaired) electrons. The third-order valence-electron chi connectivity index (χ3n) is 2.70. The highest BCUT2D eigenvalue weighted by molar-refractivity contribution is 9.09. The number of hydrogen-bond donors (Lipinski definition) is 0. The standard InChI is InChI=1S/C13H16Br2O/c1-13(2,7-8-14)12(16)11-5-3-10(9-15)4-6-11/h3-6H,7-9H2,1-2H3. The first-order valence-electron chi connectivity index (χ1n) is 5.27.